The van der Waals surface area contributed by atoms with Crippen LogP contribution in [0.2, 0.25) is 0 Å². The minimum Gasteiger partial charge on any atom is -0.434 e. The Kier molecular flexibility index (Phi) is 6.03. The average Bonchev–Trinajstić information content (AvgIpc) is 3.19. The lowest BCUT2D eigenvalue weighted by molar-refractivity contribution is 0.0947. The van der Waals surface area contributed by atoms with Crippen molar-refractivity contribution in [2.45, 2.75) is 39.0 Å². The number of rotatable bonds is 8. The SMILES string of the molecule is Cc1ccccc1-c1cc(F)c2nc(C(=O)CCCCCc3ccccc3)oc2c1. The molecule has 152 valence electrons. The van der Waals surface area contributed by atoms with Crippen LogP contribution in [-0.2, 0) is 6.42 Å². The highest BCUT2D eigenvalue weighted by atomic mass is 19.1. The van der Waals surface area contributed by atoms with E-state index in [2.05, 4.69) is 17.1 Å². The summed E-state index contributed by atoms with van der Waals surface area (Å²) in [4.78, 5) is 16.6. The van der Waals surface area contributed by atoms with Gasteiger partial charge in [-0.25, -0.2) is 9.37 Å². The first-order valence-corrected chi connectivity index (χ1v) is 10.3. The van der Waals surface area contributed by atoms with E-state index in [0.29, 0.717) is 17.6 Å². The van der Waals surface area contributed by atoms with Crippen molar-refractivity contribution in [3.05, 3.63) is 89.6 Å². The summed E-state index contributed by atoms with van der Waals surface area (Å²) in [7, 11) is 0. The van der Waals surface area contributed by atoms with Crippen LogP contribution in [-0.4, -0.2) is 10.8 Å². The third kappa shape index (κ3) is 4.48. The number of nitrogens with zero attached hydrogens (tertiary/aromatic N) is 1. The summed E-state index contributed by atoms with van der Waals surface area (Å²) < 4.78 is 20.3. The summed E-state index contributed by atoms with van der Waals surface area (Å²) in [5.41, 5.74) is 4.42. The number of aryl methyl sites for hydroxylation is 2. The molecule has 0 amide bonds. The number of carbonyl (C=O) groups is 1. The van der Waals surface area contributed by atoms with Crippen LogP contribution in [0, 0.1) is 12.7 Å². The van der Waals surface area contributed by atoms with Crippen LogP contribution >= 0.6 is 0 Å². The molecule has 0 atom stereocenters. The molecule has 0 fully saturated rings. The Hall–Kier alpha value is -3.27. The van der Waals surface area contributed by atoms with Gasteiger partial charge >= 0.3 is 0 Å². The molecule has 1 aromatic heterocycles. The van der Waals surface area contributed by atoms with Gasteiger partial charge in [-0.15, -0.1) is 0 Å². The molecule has 4 aromatic rings. The Bertz CT molecular complexity index is 1160. The molecular weight excluding hydrogens is 377 g/mol. The zero-order valence-electron chi connectivity index (χ0n) is 17.0. The van der Waals surface area contributed by atoms with E-state index in [4.69, 9.17) is 4.42 Å². The summed E-state index contributed by atoms with van der Waals surface area (Å²) in [6.07, 6.45) is 4.10. The number of carbonyl (C=O) groups excluding carboxylic acids is 1. The zero-order chi connectivity index (χ0) is 20.9. The molecular formula is C26H24FNO2. The van der Waals surface area contributed by atoms with Crippen LogP contribution in [0.4, 0.5) is 4.39 Å². The first-order chi connectivity index (χ1) is 14.6. The maximum absolute atomic E-state index is 14.6. The molecule has 0 bridgehead atoms. The number of hydrogen-bond acceptors (Lipinski definition) is 3. The molecule has 0 saturated heterocycles. The Morgan fingerprint density at radius 1 is 0.967 bits per heavy atom. The van der Waals surface area contributed by atoms with E-state index >= 15 is 0 Å². The lowest BCUT2D eigenvalue weighted by atomic mass is 10.0. The van der Waals surface area contributed by atoms with Crippen molar-refractivity contribution in [2.75, 3.05) is 0 Å². The maximum Gasteiger partial charge on any atom is 0.264 e. The van der Waals surface area contributed by atoms with Gasteiger partial charge in [0.2, 0.25) is 5.78 Å². The molecule has 4 heteroatoms. The van der Waals surface area contributed by atoms with Crippen LogP contribution in [0.15, 0.2) is 71.1 Å². The average molecular weight is 401 g/mol. The van der Waals surface area contributed by atoms with Crippen molar-refractivity contribution in [3.63, 3.8) is 0 Å². The number of unbranched alkanes of at least 4 members (excludes halogenated alkanes) is 2. The van der Waals surface area contributed by atoms with Gasteiger partial charge in [0.15, 0.2) is 11.4 Å². The van der Waals surface area contributed by atoms with Gasteiger partial charge in [-0.2, -0.15) is 0 Å². The highest BCUT2D eigenvalue weighted by Gasteiger charge is 2.18. The third-order valence-corrected chi connectivity index (χ3v) is 5.36. The number of benzene rings is 3. The van der Waals surface area contributed by atoms with Gasteiger partial charge in [0.25, 0.3) is 5.89 Å². The predicted molar refractivity (Wildman–Crippen MR) is 117 cm³/mol. The van der Waals surface area contributed by atoms with E-state index in [1.54, 1.807) is 6.07 Å². The van der Waals surface area contributed by atoms with Crippen molar-refractivity contribution in [1.82, 2.24) is 4.98 Å². The second kappa shape index (κ2) is 9.04. The number of oxazole rings is 1. The molecule has 0 saturated carbocycles. The van der Waals surface area contributed by atoms with Crippen LogP contribution in [0.5, 0.6) is 0 Å². The van der Waals surface area contributed by atoms with Crippen molar-refractivity contribution >= 4 is 16.9 Å². The number of fused-ring (bicyclic) bond motifs is 1. The first kappa shape index (κ1) is 20.0. The largest absolute Gasteiger partial charge is 0.434 e. The number of hydrogen-bond donors (Lipinski definition) is 0. The fourth-order valence-electron chi connectivity index (χ4n) is 3.70. The molecule has 3 nitrogen and oxygen atoms in total. The van der Waals surface area contributed by atoms with Crippen LogP contribution in [0.25, 0.3) is 22.2 Å². The van der Waals surface area contributed by atoms with Crippen molar-refractivity contribution in [2.24, 2.45) is 0 Å². The molecule has 3 aromatic carbocycles. The fraction of sp³-hybridized carbons (Fsp3) is 0.231. The summed E-state index contributed by atoms with van der Waals surface area (Å²) in [5.74, 6) is -0.659. The molecule has 0 unspecified atom stereocenters. The van der Waals surface area contributed by atoms with E-state index in [1.165, 1.54) is 11.6 Å². The minimum absolute atomic E-state index is 0.00565. The quantitative estimate of drug-likeness (QED) is 0.237. The van der Waals surface area contributed by atoms with Crippen LogP contribution in [0.1, 0.15) is 47.5 Å². The lowest BCUT2D eigenvalue weighted by Crippen LogP contribution is -1.99. The maximum atomic E-state index is 14.6. The Labute approximate surface area is 175 Å². The van der Waals surface area contributed by atoms with Crippen molar-refractivity contribution in [1.29, 1.82) is 0 Å². The molecule has 0 aliphatic carbocycles. The number of Topliss-reactive ketones (excluding diaryl/α,β-unsaturated/α-hetero) is 1. The van der Waals surface area contributed by atoms with Crippen LogP contribution in [0.3, 0.4) is 0 Å². The molecule has 30 heavy (non-hydrogen) atoms. The van der Waals surface area contributed by atoms with Crippen molar-refractivity contribution in [3.8, 4) is 11.1 Å². The fourth-order valence-corrected chi connectivity index (χ4v) is 3.70. The smallest absolute Gasteiger partial charge is 0.264 e. The molecule has 0 aliphatic heterocycles. The van der Waals surface area contributed by atoms with Crippen molar-refractivity contribution < 1.29 is 13.6 Å². The lowest BCUT2D eigenvalue weighted by Gasteiger charge is -2.05. The standard InChI is InChI=1S/C26H24FNO2/c1-18-10-8-9-14-21(18)20-16-22(27)25-24(17-20)30-26(28-25)23(29)15-7-3-6-13-19-11-4-2-5-12-19/h2,4-5,8-12,14,16-17H,3,6-7,13,15H2,1H3. The molecule has 0 radical (unpaired) electrons. The summed E-state index contributed by atoms with van der Waals surface area (Å²) in [5, 5.41) is 0. The second-order valence-corrected chi connectivity index (χ2v) is 7.61. The van der Waals surface area contributed by atoms with E-state index in [-0.39, 0.29) is 17.2 Å². The van der Waals surface area contributed by atoms with Gasteiger partial charge in [-0.3, -0.25) is 4.79 Å². The zero-order valence-corrected chi connectivity index (χ0v) is 17.0. The Morgan fingerprint density at radius 3 is 2.53 bits per heavy atom. The minimum atomic E-state index is -0.476. The highest BCUT2D eigenvalue weighted by Crippen LogP contribution is 2.29. The summed E-state index contributed by atoms with van der Waals surface area (Å²) in [6.45, 7) is 1.98. The van der Waals surface area contributed by atoms with Gasteiger partial charge in [0.05, 0.1) is 0 Å². The molecule has 1 heterocycles. The normalized spacial score (nSPS) is 11.1. The molecule has 4 rings (SSSR count). The summed E-state index contributed by atoms with van der Waals surface area (Å²) in [6, 6.07) is 21.3. The van der Waals surface area contributed by atoms with E-state index in [1.807, 2.05) is 49.4 Å². The first-order valence-electron chi connectivity index (χ1n) is 10.3. The molecule has 0 aliphatic rings. The Balaban J connectivity index is 1.41. The predicted octanol–water partition coefficient (Wildman–Crippen LogP) is 6.93. The molecule has 0 N–H and O–H groups in total. The highest BCUT2D eigenvalue weighted by molar-refractivity contribution is 5.94. The number of ketones is 1. The van der Waals surface area contributed by atoms with E-state index < -0.39 is 5.82 Å². The number of halogens is 1. The third-order valence-electron chi connectivity index (χ3n) is 5.36. The van der Waals surface area contributed by atoms with E-state index in [9.17, 15) is 9.18 Å². The number of aromatic nitrogens is 1. The van der Waals surface area contributed by atoms with Gasteiger partial charge in [0, 0.05) is 6.42 Å². The Morgan fingerprint density at radius 2 is 1.73 bits per heavy atom. The second-order valence-electron chi connectivity index (χ2n) is 7.61. The van der Waals surface area contributed by atoms with Gasteiger partial charge in [-0.1, -0.05) is 61.0 Å². The monoisotopic (exact) mass is 401 g/mol. The molecule has 0 spiro atoms. The van der Waals surface area contributed by atoms with Gasteiger partial charge < -0.3 is 4.42 Å². The van der Waals surface area contributed by atoms with E-state index in [0.717, 1.165) is 36.8 Å². The van der Waals surface area contributed by atoms with Gasteiger partial charge in [-0.05, 0) is 60.6 Å². The van der Waals surface area contributed by atoms with Crippen LogP contribution < -0.4 is 0 Å². The van der Waals surface area contributed by atoms with Gasteiger partial charge in [0.1, 0.15) is 5.52 Å². The topological polar surface area (TPSA) is 43.1 Å². The summed E-state index contributed by atoms with van der Waals surface area (Å²) >= 11 is 0.